The van der Waals surface area contributed by atoms with E-state index in [1.807, 2.05) is 0 Å². The molecule has 0 aliphatic rings. The first-order valence-electron chi connectivity index (χ1n) is 13.5. The second-order valence-corrected chi connectivity index (χ2v) is 11.6. The Labute approximate surface area is 292 Å². The first kappa shape index (κ1) is 42.4. The van der Waals surface area contributed by atoms with Gasteiger partial charge in [-0.05, 0) is 62.1 Å². The summed E-state index contributed by atoms with van der Waals surface area (Å²) in [6, 6.07) is 5.74. The van der Waals surface area contributed by atoms with Crippen LogP contribution in [0.25, 0.3) is 0 Å². The van der Waals surface area contributed by atoms with Crippen LogP contribution in [-0.4, -0.2) is 114 Å². The number of carbonyl (C=O) groups excluding carboxylic acids is 4. The van der Waals surface area contributed by atoms with Crippen molar-refractivity contribution in [3.05, 3.63) is 58.7 Å². The molecule has 0 atom stereocenters. The minimum atomic E-state index is -4.75. The molecule has 0 aliphatic heterocycles. The maximum Gasteiger partial charge on any atom is 2.00 e. The second-order valence-electron chi connectivity index (χ2n) is 8.87. The molecule has 0 radical (unpaired) electrons. The van der Waals surface area contributed by atoms with E-state index in [4.69, 9.17) is 18.9 Å². The summed E-state index contributed by atoms with van der Waals surface area (Å²) < 4.78 is 85.9. The van der Waals surface area contributed by atoms with Crippen LogP contribution in [0.4, 0.5) is 0 Å². The Bertz CT molecular complexity index is 1420. The zero-order valence-corrected chi connectivity index (χ0v) is 29.2. The van der Waals surface area contributed by atoms with Crippen molar-refractivity contribution in [3.8, 4) is 0 Å². The van der Waals surface area contributed by atoms with Gasteiger partial charge >= 0.3 is 61.6 Å². The fourth-order valence-electron chi connectivity index (χ4n) is 3.14. The summed E-state index contributed by atoms with van der Waals surface area (Å²) in [6.07, 6.45) is 2.30. The van der Waals surface area contributed by atoms with Gasteiger partial charge in [-0.25, -0.2) is 36.0 Å². The number of hydrogen-bond donors (Lipinski definition) is 0. The van der Waals surface area contributed by atoms with Crippen molar-refractivity contribution in [1.29, 1.82) is 0 Å². The predicted molar refractivity (Wildman–Crippen MR) is 157 cm³/mol. The van der Waals surface area contributed by atoms with Crippen LogP contribution in [-0.2, 0) is 39.2 Å². The topological polar surface area (TPSA) is 220 Å². The molecule has 0 spiro atoms. The van der Waals surface area contributed by atoms with Gasteiger partial charge in [0.05, 0.1) is 58.5 Å². The minimum absolute atomic E-state index is 0. The third-order valence-electron chi connectivity index (χ3n) is 5.19. The smallest absolute Gasteiger partial charge is 0.744 e. The Morgan fingerprint density at radius 3 is 0.978 bits per heavy atom. The van der Waals surface area contributed by atoms with E-state index in [9.17, 15) is 45.1 Å². The van der Waals surface area contributed by atoms with Crippen molar-refractivity contribution in [2.75, 3.05) is 26.4 Å². The molecule has 2 aromatic rings. The molecule has 244 valence electrons. The zero-order chi connectivity index (χ0) is 33.5. The number of hydrogen-bond acceptors (Lipinski definition) is 14. The van der Waals surface area contributed by atoms with Gasteiger partial charge in [-0.2, -0.15) is 0 Å². The standard InChI is InChI=1S/2C14H18O7S.Ca/c2*1-3-7-20-13(15)11-6-5-10(22(17,18)19)9-12(11)14(16)21-8-4-2;/h2*5-6,9H,3-4,7-8H2,1-2H3,(H,17,18,19);/q;;+2/p-2. The molecule has 0 bridgehead atoms. The van der Waals surface area contributed by atoms with Gasteiger partial charge in [-0.1, -0.05) is 27.7 Å². The average molecular weight is 699 g/mol. The van der Waals surface area contributed by atoms with Crippen LogP contribution >= 0.6 is 0 Å². The normalized spacial score (nSPS) is 10.8. The van der Waals surface area contributed by atoms with Gasteiger partial charge in [0.15, 0.2) is 0 Å². The van der Waals surface area contributed by atoms with Gasteiger partial charge in [0, 0.05) is 0 Å². The Kier molecular flexibility index (Phi) is 19.3. The van der Waals surface area contributed by atoms with Crippen LogP contribution in [0.15, 0.2) is 46.2 Å². The van der Waals surface area contributed by atoms with Gasteiger partial charge in [-0.3, -0.25) is 0 Å². The summed E-state index contributed by atoms with van der Waals surface area (Å²) in [5, 5.41) is 0. The molecule has 2 aromatic carbocycles. The molecule has 0 N–H and O–H groups in total. The van der Waals surface area contributed by atoms with E-state index in [0.29, 0.717) is 25.7 Å². The number of rotatable bonds is 14. The van der Waals surface area contributed by atoms with E-state index in [2.05, 4.69) is 0 Å². The second kappa shape index (κ2) is 20.5. The van der Waals surface area contributed by atoms with Crippen molar-refractivity contribution >= 4 is 81.9 Å². The van der Waals surface area contributed by atoms with E-state index in [0.717, 1.165) is 36.4 Å². The largest absolute Gasteiger partial charge is 2.00 e. The Hall–Kier alpha value is -2.60. The van der Waals surface area contributed by atoms with Crippen molar-refractivity contribution in [2.45, 2.75) is 63.2 Å². The molecular formula is C28H34CaO14S2. The molecule has 0 fully saturated rings. The predicted octanol–water partition coefficient (Wildman–Crippen LogP) is 3.07. The zero-order valence-electron chi connectivity index (χ0n) is 25.4. The molecule has 45 heavy (non-hydrogen) atoms. The molecule has 0 aliphatic carbocycles. The molecule has 0 aromatic heterocycles. The SMILES string of the molecule is CCCOC(=O)c1ccc(S(=O)(=O)[O-])cc1C(=O)OCCC.CCCOC(=O)c1ccc(S(=O)(=O)[O-])cc1C(=O)OCCC.[Ca+2]. The summed E-state index contributed by atoms with van der Waals surface area (Å²) in [4.78, 5) is 46.5. The van der Waals surface area contributed by atoms with E-state index in [-0.39, 0.29) is 86.4 Å². The van der Waals surface area contributed by atoms with E-state index >= 15 is 0 Å². The average Bonchev–Trinajstić information content (AvgIpc) is 2.98. The molecule has 0 saturated heterocycles. The van der Waals surface area contributed by atoms with Crippen LogP contribution in [0.2, 0.25) is 0 Å². The first-order chi connectivity index (χ1) is 20.6. The van der Waals surface area contributed by atoms with Crippen LogP contribution < -0.4 is 0 Å². The molecule has 0 unspecified atom stereocenters. The molecule has 0 saturated carbocycles. The Morgan fingerprint density at radius 2 is 0.756 bits per heavy atom. The summed E-state index contributed by atoms with van der Waals surface area (Å²) >= 11 is 0. The summed E-state index contributed by atoms with van der Waals surface area (Å²) in [5.41, 5.74) is -0.873. The van der Waals surface area contributed by atoms with Crippen LogP contribution in [0.1, 0.15) is 94.8 Å². The molecule has 0 amide bonds. The van der Waals surface area contributed by atoms with Crippen molar-refractivity contribution < 1.29 is 64.1 Å². The van der Waals surface area contributed by atoms with Gasteiger partial charge in [0.1, 0.15) is 20.2 Å². The molecule has 14 nitrogen and oxygen atoms in total. The summed E-state index contributed by atoms with van der Waals surface area (Å²) in [7, 11) is -9.50. The molecule has 17 heteroatoms. The van der Waals surface area contributed by atoms with Gasteiger partial charge in [0.25, 0.3) is 0 Å². The van der Waals surface area contributed by atoms with Gasteiger partial charge < -0.3 is 28.1 Å². The number of esters is 4. The maximum atomic E-state index is 12.0. The van der Waals surface area contributed by atoms with Gasteiger partial charge in [0.2, 0.25) is 0 Å². The quantitative estimate of drug-likeness (QED) is 0.120. The number of ether oxygens (including phenoxy) is 4. The fraction of sp³-hybridized carbons (Fsp3) is 0.429. The third-order valence-corrected chi connectivity index (χ3v) is 6.85. The molecular weight excluding hydrogens is 665 g/mol. The molecule has 2 rings (SSSR count). The Balaban J connectivity index is 0.000000842. The van der Waals surface area contributed by atoms with E-state index < -0.39 is 53.9 Å². The summed E-state index contributed by atoms with van der Waals surface area (Å²) in [5.74, 6) is -3.31. The van der Waals surface area contributed by atoms with E-state index in [1.54, 1.807) is 27.7 Å². The number of carbonyl (C=O) groups is 4. The maximum absolute atomic E-state index is 12.0. The van der Waals surface area contributed by atoms with Crippen LogP contribution in [0, 0.1) is 0 Å². The summed E-state index contributed by atoms with van der Waals surface area (Å²) in [6.45, 7) is 7.69. The van der Waals surface area contributed by atoms with E-state index in [1.165, 1.54) is 0 Å². The van der Waals surface area contributed by atoms with Gasteiger partial charge in [-0.15, -0.1) is 0 Å². The van der Waals surface area contributed by atoms with Crippen LogP contribution in [0.5, 0.6) is 0 Å². The van der Waals surface area contributed by atoms with Crippen molar-refractivity contribution in [3.63, 3.8) is 0 Å². The number of benzene rings is 2. The Morgan fingerprint density at radius 1 is 0.511 bits per heavy atom. The first-order valence-corrected chi connectivity index (χ1v) is 16.3. The fourth-order valence-corrected chi connectivity index (χ4v) is 4.14. The third kappa shape index (κ3) is 14.1. The minimum Gasteiger partial charge on any atom is -0.744 e. The van der Waals surface area contributed by atoms with Crippen molar-refractivity contribution in [2.24, 2.45) is 0 Å². The molecule has 0 heterocycles. The monoisotopic (exact) mass is 698 g/mol. The van der Waals surface area contributed by atoms with Crippen molar-refractivity contribution in [1.82, 2.24) is 0 Å². The van der Waals surface area contributed by atoms with Crippen LogP contribution in [0.3, 0.4) is 0 Å².